The number of rotatable bonds is 8. The molecule has 0 saturated carbocycles. The van der Waals surface area contributed by atoms with Gasteiger partial charge in [0.05, 0.1) is 10.6 Å². The monoisotopic (exact) mass is 454 g/mol. The Morgan fingerprint density at radius 1 is 1.41 bits per heavy atom. The van der Waals surface area contributed by atoms with Crippen molar-refractivity contribution in [2.75, 3.05) is 11.5 Å². The van der Waals surface area contributed by atoms with Crippen LogP contribution < -0.4 is 5.14 Å². The minimum Gasteiger partial charge on any atom is -0.297 e. The van der Waals surface area contributed by atoms with Crippen LogP contribution in [0.3, 0.4) is 0 Å². The van der Waals surface area contributed by atoms with Gasteiger partial charge in [0.15, 0.2) is 11.0 Å². The van der Waals surface area contributed by atoms with Crippen LogP contribution >= 0.6 is 23.1 Å². The third-order valence-electron chi connectivity index (χ3n) is 5.36. The van der Waals surface area contributed by atoms with E-state index in [2.05, 4.69) is 48.2 Å². The summed E-state index contributed by atoms with van der Waals surface area (Å²) in [5, 5.41) is 14.7. The molecule has 2 aromatic rings. The van der Waals surface area contributed by atoms with Crippen LogP contribution in [0.15, 0.2) is 23.9 Å². The Morgan fingerprint density at radius 2 is 2.17 bits per heavy atom. The van der Waals surface area contributed by atoms with Crippen LogP contribution in [0.5, 0.6) is 0 Å². The van der Waals surface area contributed by atoms with E-state index in [1.165, 1.54) is 28.6 Å². The molecule has 0 bridgehead atoms. The number of thioether (sulfide) groups is 1. The first kappa shape index (κ1) is 22.5. The van der Waals surface area contributed by atoms with E-state index in [4.69, 9.17) is 5.14 Å². The summed E-state index contributed by atoms with van der Waals surface area (Å²) >= 11 is 3.33. The van der Waals surface area contributed by atoms with E-state index >= 15 is 0 Å². The van der Waals surface area contributed by atoms with Crippen LogP contribution in [-0.2, 0) is 29.4 Å². The highest BCUT2D eigenvalue weighted by Gasteiger charge is 2.30. The number of thiophene rings is 1. The molecule has 0 spiro atoms. The quantitative estimate of drug-likeness (QED) is 0.368. The zero-order valence-corrected chi connectivity index (χ0v) is 19.8. The topological polar surface area (TPSA) is 90.9 Å². The third kappa shape index (κ3) is 5.71. The minimum atomic E-state index is -3.42. The number of aryl methyl sites for hydroxylation is 1. The van der Waals surface area contributed by atoms with Crippen molar-refractivity contribution in [1.29, 1.82) is 0 Å². The molecule has 0 radical (unpaired) electrons. The Bertz CT molecular complexity index is 971. The molecule has 29 heavy (non-hydrogen) atoms. The standard InChI is InChI=1S/C20H30N4O2S3/c1-5-9-24-18(22-23-19(24)27-10-6-11-29(21,25)26)17-13-14-12-15(20(2,3)4)7-8-16(14)28-17/h5,13,15H,1,6-12H2,2-4H3,(H2,21,25,26). The van der Waals surface area contributed by atoms with E-state index in [9.17, 15) is 8.42 Å². The smallest absolute Gasteiger partial charge is 0.209 e. The van der Waals surface area contributed by atoms with Gasteiger partial charge in [-0.25, -0.2) is 13.6 Å². The Kier molecular flexibility index (Phi) is 6.92. The normalized spacial score (nSPS) is 17.3. The molecular formula is C20H30N4O2S3. The van der Waals surface area contributed by atoms with Crippen LogP contribution in [0, 0.1) is 11.3 Å². The molecule has 0 aliphatic heterocycles. The molecule has 2 N–H and O–H groups in total. The average molecular weight is 455 g/mol. The van der Waals surface area contributed by atoms with Gasteiger partial charge in [0, 0.05) is 17.2 Å². The number of aromatic nitrogens is 3. The number of fused-ring (bicyclic) bond motifs is 1. The van der Waals surface area contributed by atoms with Crippen LogP contribution in [0.2, 0.25) is 0 Å². The van der Waals surface area contributed by atoms with Crippen LogP contribution in [0.25, 0.3) is 10.7 Å². The highest BCUT2D eigenvalue weighted by Crippen LogP contribution is 2.42. The maximum absolute atomic E-state index is 11.1. The summed E-state index contributed by atoms with van der Waals surface area (Å²) in [6.07, 6.45) is 5.82. The van der Waals surface area contributed by atoms with E-state index in [1.807, 2.05) is 17.4 Å². The fraction of sp³-hybridized carbons (Fsp3) is 0.600. The second-order valence-electron chi connectivity index (χ2n) is 8.64. The Labute approximate surface area is 182 Å². The largest absolute Gasteiger partial charge is 0.297 e. The van der Waals surface area contributed by atoms with Crippen molar-refractivity contribution >= 4 is 33.1 Å². The van der Waals surface area contributed by atoms with Crippen LogP contribution in [0.4, 0.5) is 0 Å². The van der Waals surface area contributed by atoms with Gasteiger partial charge in [0.25, 0.3) is 0 Å². The van der Waals surface area contributed by atoms with Crippen molar-refractivity contribution in [1.82, 2.24) is 14.8 Å². The molecule has 0 fully saturated rings. The summed E-state index contributed by atoms with van der Waals surface area (Å²) in [5.74, 6) is 2.17. The lowest BCUT2D eigenvalue weighted by molar-refractivity contribution is 0.217. The fourth-order valence-electron chi connectivity index (χ4n) is 3.67. The number of sulfonamides is 1. The first-order valence-corrected chi connectivity index (χ1v) is 13.4. The molecule has 2 heterocycles. The van der Waals surface area contributed by atoms with Gasteiger partial charge in [0.1, 0.15) is 0 Å². The molecule has 2 aromatic heterocycles. The maximum Gasteiger partial charge on any atom is 0.209 e. The van der Waals surface area contributed by atoms with Gasteiger partial charge in [-0.2, -0.15) is 0 Å². The zero-order chi connectivity index (χ0) is 21.2. The Morgan fingerprint density at radius 3 is 2.83 bits per heavy atom. The summed E-state index contributed by atoms with van der Waals surface area (Å²) in [4.78, 5) is 2.62. The number of hydrogen-bond acceptors (Lipinski definition) is 6. The molecule has 0 amide bonds. The average Bonchev–Trinajstić information content (AvgIpc) is 3.20. The van der Waals surface area contributed by atoms with Gasteiger partial charge in [0.2, 0.25) is 10.0 Å². The fourth-order valence-corrected chi connectivity index (χ4v) is 6.49. The molecule has 9 heteroatoms. The van der Waals surface area contributed by atoms with E-state index in [0.29, 0.717) is 30.1 Å². The summed E-state index contributed by atoms with van der Waals surface area (Å²) in [7, 11) is -3.42. The number of allylic oxidation sites excluding steroid dienone is 1. The van der Waals surface area contributed by atoms with E-state index in [1.54, 1.807) is 0 Å². The van der Waals surface area contributed by atoms with Crippen molar-refractivity contribution in [2.24, 2.45) is 16.5 Å². The second-order valence-corrected chi connectivity index (χ2v) is 12.6. The highest BCUT2D eigenvalue weighted by atomic mass is 32.2. The number of hydrogen-bond donors (Lipinski definition) is 1. The first-order valence-electron chi connectivity index (χ1n) is 9.88. The number of nitrogens with two attached hydrogens (primary N) is 1. The van der Waals surface area contributed by atoms with Crippen molar-refractivity contribution < 1.29 is 8.42 Å². The molecule has 0 saturated heterocycles. The summed E-state index contributed by atoms with van der Waals surface area (Å²) in [5.41, 5.74) is 1.77. The van der Waals surface area contributed by atoms with Crippen LogP contribution in [0.1, 0.15) is 44.1 Å². The molecule has 6 nitrogen and oxygen atoms in total. The predicted octanol–water partition coefficient (Wildman–Crippen LogP) is 4.11. The van der Waals surface area contributed by atoms with E-state index < -0.39 is 10.0 Å². The zero-order valence-electron chi connectivity index (χ0n) is 17.3. The second kappa shape index (κ2) is 8.91. The SMILES string of the molecule is C=CCn1c(SCCCS(N)(=O)=O)nnc1-c1cc2c(s1)CCC(C(C)(C)C)C2. The van der Waals surface area contributed by atoms with Gasteiger partial charge in [-0.15, -0.1) is 28.1 Å². The lowest BCUT2D eigenvalue weighted by atomic mass is 9.72. The molecule has 1 aliphatic rings. The van der Waals surface area contributed by atoms with Gasteiger partial charge >= 0.3 is 0 Å². The van der Waals surface area contributed by atoms with Crippen LogP contribution in [-0.4, -0.2) is 34.7 Å². The van der Waals surface area contributed by atoms with Crippen molar-refractivity contribution in [3.8, 4) is 10.7 Å². The molecular weight excluding hydrogens is 424 g/mol. The van der Waals surface area contributed by atoms with Crippen molar-refractivity contribution in [3.63, 3.8) is 0 Å². The molecule has 0 aromatic carbocycles. The molecule has 1 unspecified atom stereocenters. The lowest BCUT2D eigenvalue weighted by Gasteiger charge is -2.33. The molecule has 1 aliphatic carbocycles. The predicted molar refractivity (Wildman–Crippen MR) is 122 cm³/mol. The number of primary sulfonamides is 1. The Hall–Kier alpha value is -1.16. The summed E-state index contributed by atoms with van der Waals surface area (Å²) in [6.45, 7) is 11.5. The number of nitrogens with zero attached hydrogens (tertiary/aromatic N) is 3. The Balaban J connectivity index is 1.78. The summed E-state index contributed by atoms with van der Waals surface area (Å²) in [6, 6.07) is 2.29. The van der Waals surface area contributed by atoms with E-state index in [0.717, 1.165) is 28.7 Å². The minimum absolute atomic E-state index is 0.0188. The maximum atomic E-state index is 11.1. The summed E-state index contributed by atoms with van der Waals surface area (Å²) < 4.78 is 24.3. The van der Waals surface area contributed by atoms with Gasteiger partial charge in [-0.3, -0.25) is 4.57 Å². The lowest BCUT2D eigenvalue weighted by Crippen LogP contribution is -2.26. The molecule has 3 rings (SSSR count). The third-order valence-corrected chi connectivity index (χ3v) is 8.50. The van der Waals surface area contributed by atoms with Gasteiger partial charge in [-0.1, -0.05) is 38.6 Å². The van der Waals surface area contributed by atoms with Crippen molar-refractivity contribution in [2.45, 2.75) is 58.2 Å². The first-order chi connectivity index (χ1) is 13.6. The molecule has 160 valence electrons. The van der Waals surface area contributed by atoms with Gasteiger partial charge in [-0.05, 0) is 48.6 Å². The van der Waals surface area contributed by atoms with Crippen molar-refractivity contribution in [3.05, 3.63) is 29.2 Å². The molecule has 1 atom stereocenters. The van der Waals surface area contributed by atoms with E-state index in [-0.39, 0.29) is 5.75 Å². The van der Waals surface area contributed by atoms with Gasteiger partial charge < -0.3 is 0 Å². The highest BCUT2D eigenvalue weighted by molar-refractivity contribution is 7.99.